The lowest BCUT2D eigenvalue weighted by Gasteiger charge is -2.40. The van der Waals surface area contributed by atoms with E-state index in [0.717, 1.165) is 41.8 Å². The standard InChI is InChI=1S/C28H27NO3S/c30-28(31)24-14-8-9-17-29(24)27(23-19-33-26-16-7-5-12-21(23)26)22-13-4-6-15-25(22)32-18-20-10-2-1-3-11-20/h1-7,10-13,15-16,19,24,27H,8-9,14,17-18H2,(H,30,31). The molecule has 2 atom stereocenters. The fourth-order valence-electron chi connectivity index (χ4n) is 4.84. The number of fused-ring (bicyclic) bond motifs is 1. The molecule has 1 aliphatic heterocycles. The van der Waals surface area contributed by atoms with E-state index in [2.05, 4.69) is 52.7 Å². The van der Waals surface area contributed by atoms with E-state index in [-0.39, 0.29) is 6.04 Å². The molecular formula is C28H27NO3S. The molecule has 1 aromatic heterocycles. The molecule has 0 radical (unpaired) electrons. The average molecular weight is 458 g/mol. The van der Waals surface area contributed by atoms with E-state index in [1.54, 1.807) is 11.3 Å². The number of likely N-dealkylation sites (tertiary alicyclic amines) is 1. The largest absolute Gasteiger partial charge is 0.489 e. The number of piperidine rings is 1. The maximum absolute atomic E-state index is 12.3. The molecule has 1 aliphatic rings. The second-order valence-electron chi connectivity index (χ2n) is 8.49. The highest BCUT2D eigenvalue weighted by molar-refractivity contribution is 7.17. The molecule has 0 bridgehead atoms. The van der Waals surface area contributed by atoms with Crippen LogP contribution in [0, 0.1) is 0 Å². The first-order valence-corrected chi connectivity index (χ1v) is 12.3. The molecule has 5 rings (SSSR count). The monoisotopic (exact) mass is 457 g/mol. The second kappa shape index (κ2) is 9.77. The number of thiophene rings is 1. The third-order valence-electron chi connectivity index (χ3n) is 6.42. The first-order valence-electron chi connectivity index (χ1n) is 11.4. The molecule has 1 saturated heterocycles. The van der Waals surface area contributed by atoms with Crippen molar-refractivity contribution in [1.82, 2.24) is 4.90 Å². The summed E-state index contributed by atoms with van der Waals surface area (Å²) in [5.74, 6) is 0.0540. The number of para-hydroxylation sites is 1. The van der Waals surface area contributed by atoms with Gasteiger partial charge in [-0.25, -0.2) is 0 Å². The number of benzene rings is 3. The van der Waals surface area contributed by atoms with Gasteiger partial charge in [-0.2, -0.15) is 0 Å². The topological polar surface area (TPSA) is 49.8 Å². The van der Waals surface area contributed by atoms with Gasteiger partial charge in [0, 0.05) is 10.3 Å². The Labute approximate surface area is 198 Å². The van der Waals surface area contributed by atoms with Gasteiger partial charge >= 0.3 is 5.97 Å². The van der Waals surface area contributed by atoms with Crippen LogP contribution < -0.4 is 4.74 Å². The number of ether oxygens (including phenoxy) is 1. The number of nitrogens with zero attached hydrogens (tertiary/aromatic N) is 1. The number of hydrogen-bond donors (Lipinski definition) is 1. The normalized spacial score (nSPS) is 17.6. The molecule has 0 amide bonds. The maximum Gasteiger partial charge on any atom is 0.320 e. The quantitative estimate of drug-likeness (QED) is 0.344. The summed E-state index contributed by atoms with van der Waals surface area (Å²) in [7, 11) is 0. The van der Waals surface area contributed by atoms with Gasteiger partial charge in [0.2, 0.25) is 0 Å². The van der Waals surface area contributed by atoms with Crippen molar-refractivity contribution in [3.05, 3.63) is 101 Å². The molecule has 0 spiro atoms. The van der Waals surface area contributed by atoms with E-state index in [4.69, 9.17) is 4.74 Å². The highest BCUT2D eigenvalue weighted by Gasteiger charge is 2.37. The molecule has 33 heavy (non-hydrogen) atoms. The van der Waals surface area contributed by atoms with Crippen LogP contribution in [0.15, 0.2) is 84.2 Å². The van der Waals surface area contributed by atoms with Crippen LogP contribution in [0.25, 0.3) is 10.1 Å². The lowest BCUT2D eigenvalue weighted by molar-refractivity contribution is -0.145. The van der Waals surface area contributed by atoms with Gasteiger partial charge in [-0.1, -0.05) is 73.2 Å². The van der Waals surface area contributed by atoms with Gasteiger partial charge in [0.1, 0.15) is 18.4 Å². The zero-order chi connectivity index (χ0) is 22.6. The van der Waals surface area contributed by atoms with Crippen LogP contribution >= 0.6 is 11.3 Å². The molecule has 0 aliphatic carbocycles. The molecule has 2 unspecified atom stereocenters. The van der Waals surface area contributed by atoms with Gasteiger partial charge in [0.05, 0.1) is 6.04 Å². The minimum atomic E-state index is -0.748. The van der Waals surface area contributed by atoms with Crippen LogP contribution in [0.4, 0.5) is 0 Å². The maximum atomic E-state index is 12.3. The van der Waals surface area contributed by atoms with Crippen molar-refractivity contribution in [2.75, 3.05) is 6.54 Å². The van der Waals surface area contributed by atoms with Gasteiger partial charge in [-0.15, -0.1) is 11.3 Å². The SMILES string of the molecule is O=C(O)C1CCCCN1C(c1ccccc1OCc1ccccc1)c1csc2ccccc12. The summed E-state index contributed by atoms with van der Waals surface area (Å²) in [5, 5.41) is 13.4. The Morgan fingerprint density at radius 3 is 2.58 bits per heavy atom. The third-order valence-corrected chi connectivity index (χ3v) is 7.40. The van der Waals surface area contributed by atoms with Crippen LogP contribution in [0.5, 0.6) is 5.75 Å². The van der Waals surface area contributed by atoms with Crippen LogP contribution in [0.2, 0.25) is 0 Å². The summed E-state index contributed by atoms with van der Waals surface area (Å²) < 4.78 is 7.54. The Balaban J connectivity index is 1.60. The van der Waals surface area contributed by atoms with Crippen LogP contribution in [0.3, 0.4) is 0 Å². The molecule has 4 aromatic rings. The van der Waals surface area contributed by atoms with Crippen molar-refractivity contribution in [3.8, 4) is 5.75 Å². The Morgan fingerprint density at radius 2 is 1.73 bits per heavy atom. The summed E-state index contributed by atoms with van der Waals surface area (Å²) in [5.41, 5.74) is 3.27. The summed E-state index contributed by atoms with van der Waals surface area (Å²) in [4.78, 5) is 14.4. The second-order valence-corrected chi connectivity index (χ2v) is 9.40. The lowest BCUT2D eigenvalue weighted by Crippen LogP contribution is -2.46. The molecule has 4 nitrogen and oxygen atoms in total. The Hall–Kier alpha value is -3.15. The summed E-state index contributed by atoms with van der Waals surface area (Å²) in [6, 6.07) is 25.9. The molecule has 0 saturated carbocycles. The van der Waals surface area contributed by atoms with Crippen molar-refractivity contribution in [1.29, 1.82) is 0 Å². The molecule has 1 fully saturated rings. The number of carboxylic acid groups (broad SMARTS) is 1. The molecular weight excluding hydrogens is 430 g/mol. The van der Waals surface area contributed by atoms with Crippen molar-refractivity contribution in [2.45, 2.75) is 38.0 Å². The number of carbonyl (C=O) groups is 1. The van der Waals surface area contributed by atoms with Gasteiger partial charge in [-0.05, 0) is 53.4 Å². The van der Waals surface area contributed by atoms with Gasteiger partial charge in [0.25, 0.3) is 0 Å². The fraction of sp³-hybridized carbons (Fsp3) is 0.250. The summed E-state index contributed by atoms with van der Waals surface area (Å²) in [6.45, 7) is 1.22. The van der Waals surface area contributed by atoms with Crippen LogP contribution in [-0.2, 0) is 11.4 Å². The fourth-order valence-corrected chi connectivity index (χ4v) is 5.82. The number of rotatable bonds is 7. The Bertz CT molecular complexity index is 1240. The van der Waals surface area contributed by atoms with Gasteiger partial charge in [0.15, 0.2) is 0 Å². The number of hydrogen-bond acceptors (Lipinski definition) is 4. The lowest BCUT2D eigenvalue weighted by atomic mass is 9.91. The van der Waals surface area contributed by atoms with E-state index in [1.807, 2.05) is 36.4 Å². The molecule has 1 N–H and O–H groups in total. The van der Waals surface area contributed by atoms with E-state index in [0.29, 0.717) is 13.0 Å². The van der Waals surface area contributed by atoms with Crippen molar-refractivity contribution < 1.29 is 14.6 Å². The average Bonchev–Trinajstić information content (AvgIpc) is 3.28. The predicted octanol–water partition coefficient (Wildman–Crippen LogP) is 6.51. The first-order chi connectivity index (χ1) is 16.2. The summed E-state index contributed by atoms with van der Waals surface area (Å²) in [6.07, 6.45) is 2.60. The Morgan fingerprint density at radius 1 is 0.970 bits per heavy atom. The zero-order valence-electron chi connectivity index (χ0n) is 18.4. The number of carboxylic acids is 1. The van der Waals surface area contributed by atoms with E-state index in [1.165, 1.54) is 10.1 Å². The van der Waals surface area contributed by atoms with Gasteiger partial charge < -0.3 is 9.84 Å². The molecule has 3 aromatic carbocycles. The highest BCUT2D eigenvalue weighted by atomic mass is 32.1. The highest BCUT2D eigenvalue weighted by Crippen LogP contribution is 2.43. The molecule has 168 valence electrons. The predicted molar refractivity (Wildman–Crippen MR) is 133 cm³/mol. The van der Waals surface area contributed by atoms with E-state index < -0.39 is 12.0 Å². The van der Waals surface area contributed by atoms with Crippen LogP contribution in [0.1, 0.15) is 42.0 Å². The minimum Gasteiger partial charge on any atom is -0.489 e. The zero-order valence-corrected chi connectivity index (χ0v) is 19.2. The minimum absolute atomic E-state index is 0.186. The molecule has 2 heterocycles. The third kappa shape index (κ3) is 4.52. The van der Waals surface area contributed by atoms with Gasteiger partial charge in [-0.3, -0.25) is 9.69 Å². The van der Waals surface area contributed by atoms with Crippen LogP contribution in [-0.4, -0.2) is 28.6 Å². The van der Waals surface area contributed by atoms with Crippen molar-refractivity contribution in [3.63, 3.8) is 0 Å². The van der Waals surface area contributed by atoms with Crippen molar-refractivity contribution in [2.24, 2.45) is 0 Å². The molecule has 5 heteroatoms. The van der Waals surface area contributed by atoms with E-state index in [9.17, 15) is 9.90 Å². The van der Waals surface area contributed by atoms with E-state index >= 15 is 0 Å². The Kier molecular flexibility index (Phi) is 6.42. The summed E-state index contributed by atoms with van der Waals surface area (Å²) >= 11 is 1.71. The van der Waals surface area contributed by atoms with Crippen molar-refractivity contribution >= 4 is 27.4 Å². The number of aliphatic carboxylic acids is 1. The smallest absolute Gasteiger partial charge is 0.320 e. The first kappa shape index (κ1) is 21.7.